The van der Waals surface area contributed by atoms with Crippen LogP contribution in [0.1, 0.15) is 33.8 Å². The maximum Gasteiger partial charge on any atom is 0.407 e. The molecule has 0 saturated heterocycles. The summed E-state index contributed by atoms with van der Waals surface area (Å²) >= 11 is 0. The number of carbonyl (C=O) groups is 3. The maximum absolute atomic E-state index is 12.7. The molecule has 3 aromatic rings. The minimum atomic E-state index is -1.35. The molecule has 0 bridgehead atoms. The first kappa shape index (κ1) is 23.4. The second kappa shape index (κ2) is 10.0. The van der Waals surface area contributed by atoms with Gasteiger partial charge in [0.1, 0.15) is 24.0 Å². The topological polar surface area (TPSA) is 125 Å². The van der Waals surface area contributed by atoms with Gasteiger partial charge in [0.15, 0.2) is 0 Å². The van der Waals surface area contributed by atoms with E-state index in [0.717, 1.165) is 34.4 Å². The van der Waals surface area contributed by atoms with Gasteiger partial charge < -0.3 is 25.6 Å². The first-order chi connectivity index (χ1) is 16.9. The molecule has 0 aromatic heterocycles. The Kier molecular flexibility index (Phi) is 6.69. The summed E-state index contributed by atoms with van der Waals surface area (Å²) in [5, 5.41) is 23.7. The fourth-order valence-electron chi connectivity index (χ4n) is 4.12. The van der Waals surface area contributed by atoms with Gasteiger partial charge in [0, 0.05) is 18.0 Å². The summed E-state index contributed by atoms with van der Waals surface area (Å²) in [5.41, 5.74) is 4.05. The van der Waals surface area contributed by atoms with E-state index in [4.69, 9.17) is 16.3 Å². The van der Waals surface area contributed by atoms with Crippen molar-refractivity contribution in [1.82, 2.24) is 5.32 Å². The molecule has 1 unspecified atom stereocenters. The molecular weight excluding hydrogens is 448 g/mol. The lowest BCUT2D eigenvalue weighted by Gasteiger charge is -2.18. The zero-order valence-electron chi connectivity index (χ0n) is 18.5. The molecule has 35 heavy (non-hydrogen) atoms. The van der Waals surface area contributed by atoms with Crippen LogP contribution >= 0.6 is 0 Å². The van der Waals surface area contributed by atoms with Crippen molar-refractivity contribution < 1.29 is 29.3 Å². The van der Waals surface area contributed by atoms with Gasteiger partial charge in [0.05, 0.1) is 0 Å². The Labute approximate surface area is 201 Å². The Bertz CT molecular complexity index is 1300. The van der Waals surface area contributed by atoms with Crippen LogP contribution in [0.25, 0.3) is 11.1 Å². The van der Waals surface area contributed by atoms with Gasteiger partial charge in [0.25, 0.3) is 0 Å². The van der Waals surface area contributed by atoms with Gasteiger partial charge in [-0.1, -0.05) is 48.5 Å². The van der Waals surface area contributed by atoms with Crippen LogP contribution < -0.4 is 10.6 Å². The number of carbonyl (C=O) groups excluding carboxylic acids is 2. The number of carboxylic acid groups (broad SMARTS) is 1. The van der Waals surface area contributed by atoms with Crippen molar-refractivity contribution in [2.24, 2.45) is 0 Å². The molecule has 1 aliphatic rings. The highest BCUT2D eigenvalue weighted by Gasteiger charge is 2.29. The van der Waals surface area contributed by atoms with E-state index in [-0.39, 0.29) is 30.2 Å². The number of benzene rings is 3. The Morgan fingerprint density at radius 1 is 1.00 bits per heavy atom. The van der Waals surface area contributed by atoms with Crippen LogP contribution in [-0.2, 0) is 9.53 Å². The fourth-order valence-corrected chi connectivity index (χ4v) is 4.12. The quantitative estimate of drug-likeness (QED) is 0.306. The SMILES string of the molecule is C#CCC(NC(=O)OCC1c2ccccc2-c2ccccc21)C(=O)Nc1ccc(O)c(C(=O)O)c1. The van der Waals surface area contributed by atoms with Gasteiger partial charge in [-0.3, -0.25) is 4.79 Å². The third-order valence-corrected chi connectivity index (χ3v) is 5.77. The number of ether oxygens (including phenoxy) is 1. The van der Waals surface area contributed by atoms with Crippen molar-refractivity contribution in [3.8, 4) is 29.2 Å². The van der Waals surface area contributed by atoms with E-state index in [0.29, 0.717) is 0 Å². The molecule has 3 aromatic carbocycles. The molecule has 8 heteroatoms. The number of terminal acetylenes is 1. The molecular formula is C27H22N2O6. The van der Waals surface area contributed by atoms with Crippen LogP contribution in [0.4, 0.5) is 10.5 Å². The van der Waals surface area contributed by atoms with Crippen molar-refractivity contribution in [1.29, 1.82) is 0 Å². The highest BCUT2D eigenvalue weighted by atomic mass is 16.5. The average molecular weight is 470 g/mol. The van der Waals surface area contributed by atoms with Gasteiger partial charge in [-0.2, -0.15) is 0 Å². The Morgan fingerprint density at radius 3 is 2.23 bits per heavy atom. The number of amides is 2. The molecule has 0 radical (unpaired) electrons. The molecule has 2 amide bonds. The summed E-state index contributed by atoms with van der Waals surface area (Å²) < 4.78 is 5.47. The van der Waals surface area contributed by atoms with Crippen LogP contribution in [-0.4, -0.2) is 40.8 Å². The summed E-state index contributed by atoms with van der Waals surface area (Å²) in [5.74, 6) is -0.246. The zero-order chi connectivity index (χ0) is 24.9. The van der Waals surface area contributed by atoms with Gasteiger partial charge in [-0.05, 0) is 40.5 Å². The first-order valence-corrected chi connectivity index (χ1v) is 10.8. The lowest BCUT2D eigenvalue weighted by molar-refractivity contribution is -0.118. The van der Waals surface area contributed by atoms with E-state index in [1.807, 2.05) is 48.5 Å². The second-order valence-electron chi connectivity index (χ2n) is 7.96. The predicted molar refractivity (Wildman–Crippen MR) is 129 cm³/mol. The summed E-state index contributed by atoms with van der Waals surface area (Å²) in [7, 11) is 0. The highest BCUT2D eigenvalue weighted by Crippen LogP contribution is 2.44. The van der Waals surface area contributed by atoms with Crippen molar-refractivity contribution in [3.05, 3.63) is 83.4 Å². The molecule has 0 saturated carbocycles. The number of aromatic carboxylic acids is 1. The molecule has 1 aliphatic carbocycles. The Hall–Kier alpha value is -4.77. The van der Waals surface area contributed by atoms with Crippen LogP contribution in [0.3, 0.4) is 0 Å². The second-order valence-corrected chi connectivity index (χ2v) is 7.96. The number of hydrogen-bond donors (Lipinski definition) is 4. The summed E-state index contributed by atoms with van der Waals surface area (Å²) in [6, 6.07) is 18.3. The summed E-state index contributed by atoms with van der Waals surface area (Å²) in [6.45, 7) is 0.0736. The standard InChI is InChI=1S/C27H22N2O6/c1-2-7-23(25(31)28-16-12-13-24(30)21(14-16)26(32)33)29-27(34)35-15-22-19-10-5-3-8-17(19)18-9-4-6-11-20(18)22/h1,3-6,8-14,22-23,30H,7,15H2,(H,28,31)(H,29,34)(H,32,33). The van der Waals surface area contributed by atoms with Crippen molar-refractivity contribution >= 4 is 23.7 Å². The minimum absolute atomic E-state index is 0.0736. The molecule has 4 rings (SSSR count). The number of fused-ring (bicyclic) bond motifs is 3. The third kappa shape index (κ3) is 4.94. The first-order valence-electron chi connectivity index (χ1n) is 10.8. The lowest BCUT2D eigenvalue weighted by Crippen LogP contribution is -2.44. The average Bonchev–Trinajstić information content (AvgIpc) is 3.17. The van der Waals surface area contributed by atoms with E-state index in [1.54, 1.807) is 0 Å². The number of carboxylic acids is 1. The number of phenols is 1. The van der Waals surface area contributed by atoms with Crippen LogP contribution in [0.2, 0.25) is 0 Å². The van der Waals surface area contributed by atoms with Crippen molar-refractivity contribution in [2.45, 2.75) is 18.4 Å². The number of nitrogens with one attached hydrogen (secondary N) is 2. The summed E-state index contributed by atoms with van der Waals surface area (Å²) in [6.07, 6.45) is 4.45. The number of anilines is 1. The van der Waals surface area contributed by atoms with E-state index in [9.17, 15) is 19.5 Å². The van der Waals surface area contributed by atoms with Gasteiger partial charge in [-0.15, -0.1) is 12.3 Å². The maximum atomic E-state index is 12.7. The van der Waals surface area contributed by atoms with E-state index < -0.39 is 29.8 Å². The minimum Gasteiger partial charge on any atom is -0.507 e. The molecule has 1 atom stereocenters. The molecule has 8 nitrogen and oxygen atoms in total. The van der Waals surface area contributed by atoms with Crippen LogP contribution in [0.15, 0.2) is 66.7 Å². The highest BCUT2D eigenvalue weighted by molar-refractivity contribution is 5.99. The number of alkyl carbamates (subject to hydrolysis) is 1. The molecule has 0 fully saturated rings. The normalized spacial score (nSPS) is 12.5. The van der Waals surface area contributed by atoms with E-state index in [2.05, 4.69) is 16.6 Å². The zero-order valence-corrected chi connectivity index (χ0v) is 18.5. The van der Waals surface area contributed by atoms with Gasteiger partial charge in [0.2, 0.25) is 5.91 Å². The molecule has 0 heterocycles. The van der Waals surface area contributed by atoms with E-state index >= 15 is 0 Å². The van der Waals surface area contributed by atoms with Crippen LogP contribution in [0.5, 0.6) is 5.75 Å². The van der Waals surface area contributed by atoms with Gasteiger partial charge >= 0.3 is 12.1 Å². The van der Waals surface area contributed by atoms with E-state index in [1.165, 1.54) is 6.07 Å². The lowest BCUT2D eigenvalue weighted by atomic mass is 9.98. The monoisotopic (exact) mass is 470 g/mol. The largest absolute Gasteiger partial charge is 0.507 e. The summed E-state index contributed by atoms with van der Waals surface area (Å²) in [4.78, 5) is 36.5. The number of rotatable bonds is 7. The van der Waals surface area contributed by atoms with Crippen molar-refractivity contribution in [3.63, 3.8) is 0 Å². The number of hydrogen-bond acceptors (Lipinski definition) is 5. The molecule has 0 spiro atoms. The van der Waals surface area contributed by atoms with Crippen LogP contribution in [0, 0.1) is 12.3 Å². The Balaban J connectivity index is 1.42. The number of aromatic hydroxyl groups is 1. The molecule has 0 aliphatic heterocycles. The smallest absolute Gasteiger partial charge is 0.407 e. The molecule has 176 valence electrons. The third-order valence-electron chi connectivity index (χ3n) is 5.77. The Morgan fingerprint density at radius 2 is 1.63 bits per heavy atom. The molecule has 4 N–H and O–H groups in total. The van der Waals surface area contributed by atoms with Crippen molar-refractivity contribution in [2.75, 3.05) is 11.9 Å². The fraction of sp³-hybridized carbons (Fsp3) is 0.148. The predicted octanol–water partition coefficient (Wildman–Crippen LogP) is 3.96. The van der Waals surface area contributed by atoms with Gasteiger partial charge in [-0.25, -0.2) is 9.59 Å².